The third kappa shape index (κ3) is 2.93. The van der Waals surface area contributed by atoms with Crippen LogP contribution in [0.15, 0.2) is 48.5 Å². The summed E-state index contributed by atoms with van der Waals surface area (Å²) in [5, 5.41) is 0. The van der Waals surface area contributed by atoms with Gasteiger partial charge in [-0.3, -0.25) is 0 Å². The van der Waals surface area contributed by atoms with E-state index in [0.29, 0.717) is 0 Å². The summed E-state index contributed by atoms with van der Waals surface area (Å²) >= 11 is 0. The molecule has 3 heteroatoms. The van der Waals surface area contributed by atoms with Crippen LogP contribution in [-0.4, -0.2) is 7.11 Å². The molecule has 0 atom stereocenters. The van der Waals surface area contributed by atoms with Gasteiger partial charge in [-0.15, -0.1) is 0 Å². The van der Waals surface area contributed by atoms with Crippen molar-refractivity contribution < 1.29 is 4.74 Å². The molecule has 0 amide bonds. The molecule has 25 heavy (non-hydrogen) atoms. The highest BCUT2D eigenvalue weighted by molar-refractivity contribution is 5.86. The summed E-state index contributed by atoms with van der Waals surface area (Å²) < 4.78 is 5.83. The van der Waals surface area contributed by atoms with Crippen molar-refractivity contribution in [1.82, 2.24) is 0 Å². The van der Waals surface area contributed by atoms with Crippen molar-refractivity contribution in [1.29, 1.82) is 0 Å². The van der Waals surface area contributed by atoms with Crippen LogP contribution in [0.3, 0.4) is 0 Å². The van der Waals surface area contributed by atoms with E-state index in [1.807, 2.05) is 36.4 Å². The van der Waals surface area contributed by atoms with Crippen LogP contribution in [-0.2, 0) is 0 Å². The van der Waals surface area contributed by atoms with Crippen LogP contribution < -0.4 is 16.2 Å². The average Bonchev–Trinajstić information content (AvgIpc) is 2.60. The van der Waals surface area contributed by atoms with Crippen LogP contribution in [0.1, 0.15) is 16.7 Å². The van der Waals surface area contributed by atoms with E-state index >= 15 is 0 Å². The Morgan fingerprint density at radius 2 is 1.00 bits per heavy atom. The highest BCUT2D eigenvalue weighted by Crippen LogP contribution is 2.44. The van der Waals surface area contributed by atoms with E-state index in [0.717, 1.165) is 39.4 Å². The molecule has 0 radical (unpaired) electrons. The van der Waals surface area contributed by atoms with E-state index in [2.05, 4.69) is 32.9 Å². The van der Waals surface area contributed by atoms with Crippen molar-refractivity contribution in [3.63, 3.8) is 0 Å². The maximum atomic E-state index is 5.84. The summed E-state index contributed by atoms with van der Waals surface area (Å²) in [6, 6.07) is 15.9. The fraction of sp³-hybridized carbons (Fsp3) is 0.182. The van der Waals surface area contributed by atoms with Crippen LogP contribution in [0.4, 0.5) is 11.4 Å². The minimum absolute atomic E-state index is 0.757. The van der Waals surface area contributed by atoms with E-state index in [1.165, 1.54) is 16.7 Å². The summed E-state index contributed by atoms with van der Waals surface area (Å²) in [5.74, 6) is 0.902. The quantitative estimate of drug-likeness (QED) is 0.654. The number of hydrogen-bond donors (Lipinski definition) is 2. The Balaban J connectivity index is 2.30. The summed E-state index contributed by atoms with van der Waals surface area (Å²) in [7, 11) is 1.73. The molecule has 0 bridgehead atoms. The maximum Gasteiger partial charge on any atom is 0.130 e. The third-order valence-electron chi connectivity index (χ3n) is 4.86. The molecule has 128 valence electrons. The van der Waals surface area contributed by atoms with Crippen LogP contribution in [0.5, 0.6) is 5.75 Å². The highest BCUT2D eigenvalue weighted by atomic mass is 16.5. The van der Waals surface area contributed by atoms with Crippen LogP contribution in [0.2, 0.25) is 0 Å². The molecule has 4 N–H and O–H groups in total. The van der Waals surface area contributed by atoms with Gasteiger partial charge in [-0.05, 0) is 78.4 Å². The largest absolute Gasteiger partial charge is 0.496 e. The molecule has 0 unspecified atom stereocenters. The Morgan fingerprint density at radius 1 is 0.600 bits per heavy atom. The lowest BCUT2D eigenvalue weighted by molar-refractivity contribution is 0.413. The first-order chi connectivity index (χ1) is 11.9. The molecule has 0 saturated carbocycles. The molecule has 0 aromatic heterocycles. The molecule has 3 aromatic carbocycles. The number of ether oxygens (including phenoxy) is 1. The second-order valence-corrected chi connectivity index (χ2v) is 6.40. The van der Waals surface area contributed by atoms with Crippen molar-refractivity contribution in [3.05, 3.63) is 65.2 Å². The van der Waals surface area contributed by atoms with Gasteiger partial charge in [0.1, 0.15) is 5.75 Å². The number of rotatable bonds is 3. The van der Waals surface area contributed by atoms with Gasteiger partial charge in [0.05, 0.1) is 7.11 Å². The van der Waals surface area contributed by atoms with Crippen molar-refractivity contribution in [2.75, 3.05) is 18.6 Å². The molecule has 0 saturated heterocycles. The van der Waals surface area contributed by atoms with Gasteiger partial charge in [0.2, 0.25) is 0 Å². The maximum absolute atomic E-state index is 5.84. The van der Waals surface area contributed by atoms with Gasteiger partial charge < -0.3 is 16.2 Å². The molecule has 3 rings (SSSR count). The van der Waals surface area contributed by atoms with Crippen molar-refractivity contribution in [3.8, 4) is 28.0 Å². The molecule has 0 spiro atoms. The molecular weight excluding hydrogens is 308 g/mol. The lowest BCUT2D eigenvalue weighted by atomic mass is 9.86. The topological polar surface area (TPSA) is 61.3 Å². The minimum Gasteiger partial charge on any atom is -0.496 e. The number of anilines is 2. The fourth-order valence-corrected chi connectivity index (χ4v) is 3.46. The van der Waals surface area contributed by atoms with E-state index in [9.17, 15) is 0 Å². The Hall–Kier alpha value is -2.94. The molecular formula is C22H24N2O. The van der Waals surface area contributed by atoms with Crippen LogP contribution >= 0.6 is 0 Å². The van der Waals surface area contributed by atoms with Gasteiger partial charge in [0, 0.05) is 16.9 Å². The van der Waals surface area contributed by atoms with E-state index < -0.39 is 0 Å². The molecule has 0 aliphatic heterocycles. The van der Waals surface area contributed by atoms with Gasteiger partial charge in [0.15, 0.2) is 0 Å². The van der Waals surface area contributed by atoms with E-state index in [1.54, 1.807) is 7.11 Å². The normalized spacial score (nSPS) is 10.7. The van der Waals surface area contributed by atoms with E-state index in [-0.39, 0.29) is 0 Å². The Morgan fingerprint density at radius 3 is 1.44 bits per heavy atom. The first-order valence-electron chi connectivity index (χ1n) is 8.33. The number of hydrogen-bond acceptors (Lipinski definition) is 3. The smallest absolute Gasteiger partial charge is 0.130 e. The number of methoxy groups -OCH3 is 1. The molecule has 3 aromatic rings. The zero-order chi connectivity index (χ0) is 18.1. The highest BCUT2D eigenvalue weighted by Gasteiger charge is 2.20. The van der Waals surface area contributed by atoms with Crippen molar-refractivity contribution >= 4 is 11.4 Å². The second-order valence-electron chi connectivity index (χ2n) is 6.40. The lowest BCUT2D eigenvalue weighted by Gasteiger charge is -2.22. The molecule has 0 heterocycles. The lowest BCUT2D eigenvalue weighted by Crippen LogP contribution is -2.01. The van der Waals surface area contributed by atoms with E-state index in [4.69, 9.17) is 16.2 Å². The third-order valence-corrected chi connectivity index (χ3v) is 4.86. The number of benzene rings is 3. The van der Waals surface area contributed by atoms with Crippen LogP contribution in [0, 0.1) is 20.8 Å². The molecule has 0 aliphatic carbocycles. The summed E-state index contributed by atoms with van der Waals surface area (Å²) in [6.45, 7) is 6.41. The fourth-order valence-electron chi connectivity index (χ4n) is 3.46. The molecule has 3 nitrogen and oxygen atoms in total. The van der Waals surface area contributed by atoms with Gasteiger partial charge >= 0.3 is 0 Å². The summed E-state index contributed by atoms with van der Waals surface area (Å²) in [5.41, 5.74) is 21.4. The Bertz CT molecular complexity index is 910. The molecule has 0 fully saturated rings. The van der Waals surface area contributed by atoms with Crippen molar-refractivity contribution in [2.45, 2.75) is 20.8 Å². The second kappa shape index (κ2) is 6.52. The first kappa shape index (κ1) is 16.9. The van der Waals surface area contributed by atoms with Gasteiger partial charge in [-0.2, -0.15) is 0 Å². The first-order valence-corrected chi connectivity index (χ1v) is 8.33. The minimum atomic E-state index is 0.757. The SMILES string of the molecule is COc1c(C)c(-c2ccc(N)cc2)c(C)c(C)c1-c1ccc(N)cc1. The standard InChI is InChI=1S/C22H24N2O/c1-13-14(2)21(17-7-11-19(24)12-8-17)22(25-4)15(3)20(13)16-5-9-18(23)10-6-16/h5-12H,23-24H2,1-4H3. The number of nitrogens with two attached hydrogens (primary N) is 2. The predicted molar refractivity (Wildman–Crippen MR) is 107 cm³/mol. The molecule has 0 aliphatic rings. The van der Waals surface area contributed by atoms with Gasteiger partial charge in [-0.1, -0.05) is 24.3 Å². The monoisotopic (exact) mass is 332 g/mol. The summed E-state index contributed by atoms with van der Waals surface area (Å²) in [6.07, 6.45) is 0. The van der Waals surface area contributed by atoms with Gasteiger partial charge in [0.25, 0.3) is 0 Å². The predicted octanol–water partition coefficient (Wildman–Crippen LogP) is 5.12. The van der Waals surface area contributed by atoms with Crippen LogP contribution in [0.25, 0.3) is 22.3 Å². The zero-order valence-corrected chi connectivity index (χ0v) is 15.2. The average molecular weight is 332 g/mol. The zero-order valence-electron chi connectivity index (χ0n) is 15.2. The van der Waals surface area contributed by atoms with Crippen molar-refractivity contribution in [2.24, 2.45) is 0 Å². The number of nitrogen functional groups attached to an aromatic ring is 2. The van der Waals surface area contributed by atoms with Gasteiger partial charge in [-0.25, -0.2) is 0 Å². The Kier molecular flexibility index (Phi) is 4.41. The Labute approximate surface area is 149 Å². The summed E-state index contributed by atoms with van der Waals surface area (Å²) in [4.78, 5) is 0.